The Morgan fingerprint density at radius 1 is 1.50 bits per heavy atom. The summed E-state index contributed by atoms with van der Waals surface area (Å²) in [6, 6.07) is -0.000408. The van der Waals surface area contributed by atoms with E-state index in [1.54, 1.807) is 28.8 Å². The fourth-order valence-electron chi connectivity index (χ4n) is 3.17. The summed E-state index contributed by atoms with van der Waals surface area (Å²) in [4.78, 5) is 14.9. The van der Waals surface area contributed by atoms with E-state index < -0.39 is 0 Å². The van der Waals surface area contributed by atoms with Gasteiger partial charge in [0.05, 0.1) is 29.7 Å². The van der Waals surface area contributed by atoms with Gasteiger partial charge in [0.2, 0.25) is 5.91 Å². The number of hydrogen-bond donors (Lipinski definition) is 0. The molecule has 130 valence electrons. The molecule has 0 aliphatic carbocycles. The third kappa shape index (κ3) is 3.30. The maximum absolute atomic E-state index is 12.9. The molecule has 2 aromatic rings. The van der Waals surface area contributed by atoms with Crippen LogP contribution in [0.25, 0.3) is 0 Å². The zero-order chi connectivity index (χ0) is 17.3. The van der Waals surface area contributed by atoms with Crippen molar-refractivity contribution in [1.82, 2.24) is 29.4 Å². The molecule has 1 amide bonds. The van der Waals surface area contributed by atoms with Crippen LogP contribution in [0.15, 0.2) is 17.6 Å². The number of halogens is 1. The third-order valence-corrected chi connectivity index (χ3v) is 5.29. The van der Waals surface area contributed by atoms with Crippen molar-refractivity contribution in [3.63, 3.8) is 0 Å². The molecular formula is C15H21ClN6OS. The van der Waals surface area contributed by atoms with E-state index in [1.165, 1.54) is 0 Å². The number of aromatic nitrogens is 5. The molecule has 1 saturated heterocycles. The predicted molar refractivity (Wildman–Crippen MR) is 92.9 cm³/mol. The standard InChI is InChI=1S/C15H21ClN6OS/c1-10(8-21-9-11(16)7-17-21)14(23)22-6-4-5-12(22)13-18-19-15(24-3)20(13)2/h7,9-10,12H,4-6,8H2,1-3H3/t10-,12+/m0/s1. The van der Waals surface area contributed by atoms with Crippen molar-refractivity contribution in [1.29, 1.82) is 0 Å². The Balaban J connectivity index is 1.74. The van der Waals surface area contributed by atoms with Crippen LogP contribution in [-0.2, 0) is 18.4 Å². The lowest BCUT2D eigenvalue weighted by Gasteiger charge is -2.27. The molecule has 0 aromatic carbocycles. The molecule has 0 spiro atoms. The summed E-state index contributed by atoms with van der Waals surface area (Å²) < 4.78 is 3.70. The first-order valence-corrected chi connectivity index (χ1v) is 9.53. The van der Waals surface area contributed by atoms with Crippen LogP contribution < -0.4 is 0 Å². The molecule has 0 N–H and O–H groups in total. The molecule has 3 rings (SSSR count). The summed E-state index contributed by atoms with van der Waals surface area (Å²) in [5, 5.41) is 14.1. The Kier molecular flexibility index (Phi) is 5.15. The number of thioether (sulfide) groups is 1. The maximum atomic E-state index is 12.9. The minimum atomic E-state index is -0.171. The molecule has 24 heavy (non-hydrogen) atoms. The summed E-state index contributed by atoms with van der Waals surface area (Å²) in [5.74, 6) is 0.812. The van der Waals surface area contributed by atoms with Gasteiger partial charge in [-0.05, 0) is 19.1 Å². The summed E-state index contributed by atoms with van der Waals surface area (Å²) in [7, 11) is 1.96. The van der Waals surface area contributed by atoms with Crippen LogP contribution in [0.4, 0.5) is 0 Å². The quantitative estimate of drug-likeness (QED) is 0.758. The van der Waals surface area contributed by atoms with Gasteiger partial charge in [-0.2, -0.15) is 5.10 Å². The highest BCUT2D eigenvalue weighted by Crippen LogP contribution is 2.33. The molecule has 0 radical (unpaired) electrons. The van der Waals surface area contributed by atoms with Crippen LogP contribution in [0, 0.1) is 5.92 Å². The van der Waals surface area contributed by atoms with Gasteiger partial charge in [0.15, 0.2) is 11.0 Å². The van der Waals surface area contributed by atoms with E-state index in [-0.39, 0.29) is 17.9 Å². The largest absolute Gasteiger partial charge is 0.332 e. The van der Waals surface area contributed by atoms with E-state index in [2.05, 4.69) is 15.3 Å². The first-order chi connectivity index (χ1) is 11.5. The van der Waals surface area contributed by atoms with Gasteiger partial charge < -0.3 is 9.47 Å². The minimum absolute atomic E-state index is 0.000408. The first kappa shape index (κ1) is 17.3. The topological polar surface area (TPSA) is 68.8 Å². The van der Waals surface area contributed by atoms with Crippen molar-refractivity contribution in [3.8, 4) is 0 Å². The molecule has 9 heteroatoms. The Hall–Kier alpha value is -1.54. The maximum Gasteiger partial charge on any atom is 0.227 e. The number of carbonyl (C=O) groups is 1. The summed E-state index contributed by atoms with van der Waals surface area (Å²) >= 11 is 7.45. The summed E-state index contributed by atoms with van der Waals surface area (Å²) in [6.07, 6.45) is 7.20. The predicted octanol–water partition coefficient (Wildman–Crippen LogP) is 2.39. The number of nitrogens with zero attached hydrogens (tertiary/aromatic N) is 6. The molecule has 3 heterocycles. The third-order valence-electron chi connectivity index (χ3n) is 4.37. The van der Waals surface area contributed by atoms with Gasteiger partial charge >= 0.3 is 0 Å². The van der Waals surface area contributed by atoms with E-state index in [9.17, 15) is 4.79 Å². The molecule has 0 saturated carbocycles. The molecule has 1 fully saturated rings. The number of carbonyl (C=O) groups excluding carboxylic acids is 1. The molecular weight excluding hydrogens is 348 g/mol. The highest BCUT2D eigenvalue weighted by atomic mass is 35.5. The Labute approximate surface area is 150 Å². The van der Waals surface area contributed by atoms with Crippen LogP contribution in [0.1, 0.15) is 31.6 Å². The van der Waals surface area contributed by atoms with Crippen LogP contribution in [0.3, 0.4) is 0 Å². The Bertz CT molecular complexity index is 729. The molecule has 0 bridgehead atoms. The van der Waals surface area contributed by atoms with Gasteiger partial charge in [-0.15, -0.1) is 10.2 Å². The highest BCUT2D eigenvalue weighted by Gasteiger charge is 2.35. The van der Waals surface area contributed by atoms with Crippen molar-refractivity contribution in [3.05, 3.63) is 23.2 Å². The lowest BCUT2D eigenvalue weighted by molar-refractivity contribution is -0.136. The average Bonchev–Trinajstić information content (AvgIpc) is 3.26. The van der Waals surface area contributed by atoms with Crippen molar-refractivity contribution in [2.75, 3.05) is 12.8 Å². The number of hydrogen-bond acceptors (Lipinski definition) is 5. The van der Waals surface area contributed by atoms with Gasteiger partial charge in [-0.25, -0.2) is 0 Å². The van der Waals surface area contributed by atoms with Gasteiger partial charge in [0.1, 0.15) is 0 Å². The molecule has 2 aromatic heterocycles. The number of amides is 1. The lowest BCUT2D eigenvalue weighted by Crippen LogP contribution is -2.37. The van der Waals surface area contributed by atoms with E-state index in [0.29, 0.717) is 11.6 Å². The van der Waals surface area contributed by atoms with Gasteiger partial charge in [-0.3, -0.25) is 9.48 Å². The number of likely N-dealkylation sites (tertiary alicyclic amines) is 1. The minimum Gasteiger partial charge on any atom is -0.332 e. The second kappa shape index (κ2) is 7.14. The SMILES string of the molecule is CSc1nnc([C@H]2CCCN2C(=O)[C@@H](C)Cn2cc(Cl)cn2)n1C. The second-order valence-corrected chi connectivity index (χ2v) is 7.29. The Morgan fingerprint density at radius 3 is 2.92 bits per heavy atom. The van der Waals surface area contributed by atoms with Crippen molar-refractivity contribution < 1.29 is 4.79 Å². The monoisotopic (exact) mass is 368 g/mol. The van der Waals surface area contributed by atoms with E-state index in [4.69, 9.17) is 11.6 Å². The van der Waals surface area contributed by atoms with Crippen LogP contribution in [0.5, 0.6) is 0 Å². The van der Waals surface area contributed by atoms with Crippen molar-refractivity contribution >= 4 is 29.3 Å². The normalized spacial score (nSPS) is 19.0. The highest BCUT2D eigenvalue weighted by molar-refractivity contribution is 7.98. The molecule has 0 unspecified atom stereocenters. The lowest BCUT2D eigenvalue weighted by atomic mass is 10.1. The van der Waals surface area contributed by atoms with Crippen LogP contribution in [0.2, 0.25) is 5.02 Å². The van der Waals surface area contributed by atoms with Gasteiger partial charge in [0.25, 0.3) is 0 Å². The fraction of sp³-hybridized carbons (Fsp3) is 0.600. The molecule has 1 aliphatic heterocycles. The fourth-order valence-corrected chi connectivity index (χ4v) is 3.82. The number of rotatable bonds is 5. The molecule has 7 nitrogen and oxygen atoms in total. The van der Waals surface area contributed by atoms with Gasteiger partial charge in [-0.1, -0.05) is 30.3 Å². The van der Waals surface area contributed by atoms with Crippen molar-refractivity contribution in [2.45, 2.75) is 37.5 Å². The smallest absolute Gasteiger partial charge is 0.227 e. The second-order valence-electron chi connectivity index (χ2n) is 6.08. The van der Waals surface area contributed by atoms with Crippen LogP contribution in [-0.4, -0.2) is 48.2 Å². The summed E-state index contributed by atoms with van der Waals surface area (Å²) in [5.41, 5.74) is 0. The molecule has 2 atom stereocenters. The average molecular weight is 369 g/mol. The first-order valence-electron chi connectivity index (χ1n) is 7.93. The van der Waals surface area contributed by atoms with E-state index >= 15 is 0 Å². The van der Waals surface area contributed by atoms with E-state index in [1.807, 2.05) is 29.7 Å². The zero-order valence-electron chi connectivity index (χ0n) is 14.0. The van der Waals surface area contributed by atoms with Gasteiger partial charge in [0, 0.05) is 19.8 Å². The summed E-state index contributed by atoms with van der Waals surface area (Å²) in [6.45, 7) is 3.20. The zero-order valence-corrected chi connectivity index (χ0v) is 15.6. The van der Waals surface area contributed by atoms with Crippen molar-refractivity contribution in [2.24, 2.45) is 13.0 Å². The van der Waals surface area contributed by atoms with E-state index in [0.717, 1.165) is 30.4 Å². The molecule has 1 aliphatic rings. The Morgan fingerprint density at radius 2 is 2.29 bits per heavy atom. The van der Waals surface area contributed by atoms with Crippen LogP contribution >= 0.6 is 23.4 Å².